The van der Waals surface area contributed by atoms with Crippen LogP contribution in [0.25, 0.3) is 0 Å². The lowest BCUT2D eigenvalue weighted by atomic mass is 10.1. The Morgan fingerprint density at radius 3 is 2.15 bits per heavy atom. The Hall–Kier alpha value is -2.10. The lowest BCUT2D eigenvalue weighted by molar-refractivity contribution is 0.0697. The number of rotatable bonds is 6. The third kappa shape index (κ3) is 3.26. The maximum absolute atomic E-state index is 12.3. The van der Waals surface area contributed by atoms with Crippen molar-refractivity contribution in [1.82, 2.24) is 0 Å². The van der Waals surface area contributed by atoms with Crippen molar-refractivity contribution in [2.24, 2.45) is 0 Å². The van der Waals surface area contributed by atoms with Crippen molar-refractivity contribution < 1.29 is 36.6 Å². The molecule has 0 aliphatic rings. The van der Waals surface area contributed by atoms with Gasteiger partial charge in [-0.3, -0.25) is 4.72 Å². The second-order valence-corrected chi connectivity index (χ2v) is 5.12. The fraction of sp³-hybridized carbons (Fsp3) is 0.300. The summed E-state index contributed by atoms with van der Waals surface area (Å²) in [6.45, 7) is 0. The molecule has 7 nitrogen and oxygen atoms in total. The number of benzene rings is 1. The van der Waals surface area contributed by atoms with Gasteiger partial charge in [-0.25, -0.2) is 13.2 Å². The lowest BCUT2D eigenvalue weighted by Gasteiger charge is -2.14. The molecule has 2 N–H and O–H groups in total. The van der Waals surface area contributed by atoms with Gasteiger partial charge in [0.25, 0.3) is 10.0 Å². The SMILES string of the molecule is COc1cc(NS(=O)(=O)C(F)F)c(C(=O)O)cc1OC. The van der Waals surface area contributed by atoms with Crippen molar-refractivity contribution in [3.63, 3.8) is 0 Å². The molecule has 1 aromatic rings. The number of carbonyl (C=O) groups is 1. The maximum Gasteiger partial charge on any atom is 0.355 e. The summed E-state index contributed by atoms with van der Waals surface area (Å²) in [5.41, 5.74) is -1.10. The number of aromatic carboxylic acids is 1. The van der Waals surface area contributed by atoms with Crippen LogP contribution < -0.4 is 14.2 Å². The van der Waals surface area contributed by atoms with Gasteiger partial charge in [-0.1, -0.05) is 0 Å². The monoisotopic (exact) mass is 311 g/mol. The first-order valence-corrected chi connectivity index (χ1v) is 6.56. The topological polar surface area (TPSA) is 102 Å². The van der Waals surface area contributed by atoms with Gasteiger partial charge >= 0.3 is 11.7 Å². The summed E-state index contributed by atoms with van der Waals surface area (Å²) in [5.74, 6) is -5.20. The first kappa shape index (κ1) is 16.0. The number of methoxy groups -OCH3 is 2. The number of anilines is 1. The Bertz CT molecular complexity index is 616. The number of ether oxygens (including phenoxy) is 2. The van der Waals surface area contributed by atoms with Crippen LogP contribution in [0.4, 0.5) is 14.5 Å². The molecule has 0 aliphatic heterocycles. The van der Waals surface area contributed by atoms with Gasteiger partial charge in [0.05, 0.1) is 25.5 Å². The Balaban J connectivity index is 3.41. The van der Waals surface area contributed by atoms with Crippen molar-refractivity contribution >= 4 is 21.7 Å². The number of alkyl halides is 2. The van der Waals surface area contributed by atoms with Crippen molar-refractivity contribution in [2.75, 3.05) is 18.9 Å². The molecule has 10 heteroatoms. The zero-order valence-electron chi connectivity index (χ0n) is 10.4. The molecule has 112 valence electrons. The van der Waals surface area contributed by atoms with Crippen molar-refractivity contribution in [2.45, 2.75) is 5.76 Å². The first-order valence-electron chi connectivity index (χ1n) is 5.02. The second-order valence-electron chi connectivity index (χ2n) is 3.47. The van der Waals surface area contributed by atoms with Crippen LogP contribution >= 0.6 is 0 Å². The average molecular weight is 311 g/mol. The number of sulfonamides is 1. The molecule has 0 radical (unpaired) electrons. The summed E-state index contributed by atoms with van der Waals surface area (Å²) in [7, 11) is -2.53. The lowest BCUT2D eigenvalue weighted by Crippen LogP contribution is -2.22. The largest absolute Gasteiger partial charge is 0.493 e. The van der Waals surface area contributed by atoms with Gasteiger partial charge in [-0.15, -0.1) is 0 Å². The van der Waals surface area contributed by atoms with Crippen LogP contribution in [-0.4, -0.2) is 39.5 Å². The van der Waals surface area contributed by atoms with Gasteiger partial charge < -0.3 is 14.6 Å². The molecule has 0 unspecified atom stereocenters. The van der Waals surface area contributed by atoms with E-state index < -0.39 is 33.0 Å². The molecule has 0 bridgehead atoms. The maximum atomic E-state index is 12.3. The van der Waals surface area contributed by atoms with Crippen LogP contribution in [0.2, 0.25) is 0 Å². The highest BCUT2D eigenvalue weighted by Crippen LogP contribution is 2.34. The predicted octanol–water partition coefficient (Wildman–Crippen LogP) is 1.37. The van der Waals surface area contributed by atoms with E-state index in [0.29, 0.717) is 0 Å². The quantitative estimate of drug-likeness (QED) is 0.822. The number of nitrogens with one attached hydrogen (secondary N) is 1. The fourth-order valence-electron chi connectivity index (χ4n) is 1.34. The van der Waals surface area contributed by atoms with Gasteiger partial charge in [-0.2, -0.15) is 8.78 Å². The molecule has 0 aromatic heterocycles. The predicted molar refractivity (Wildman–Crippen MR) is 65.1 cm³/mol. The molecular formula is C10H11F2NO6S. The fourth-order valence-corrected chi connectivity index (χ4v) is 1.90. The normalized spacial score (nSPS) is 11.2. The standard InChI is InChI=1S/C10H11F2NO6S/c1-18-7-3-5(9(14)15)6(4-8(7)19-2)13-20(16,17)10(11)12/h3-4,10,13H,1-2H3,(H,14,15). The molecule has 0 spiro atoms. The molecule has 0 aliphatic carbocycles. The van der Waals surface area contributed by atoms with Crippen LogP contribution in [-0.2, 0) is 10.0 Å². The highest BCUT2D eigenvalue weighted by Gasteiger charge is 2.27. The molecule has 20 heavy (non-hydrogen) atoms. The average Bonchev–Trinajstić information content (AvgIpc) is 2.37. The van der Waals surface area contributed by atoms with Crippen LogP contribution in [0.3, 0.4) is 0 Å². The molecule has 1 rings (SSSR count). The summed E-state index contributed by atoms with van der Waals surface area (Å²) in [6.07, 6.45) is 0. The summed E-state index contributed by atoms with van der Waals surface area (Å²) in [5, 5.41) is 8.97. The number of carboxylic acid groups (broad SMARTS) is 1. The van der Waals surface area contributed by atoms with Gasteiger partial charge in [0.1, 0.15) is 0 Å². The van der Waals surface area contributed by atoms with E-state index in [4.69, 9.17) is 14.6 Å². The van der Waals surface area contributed by atoms with E-state index in [1.807, 2.05) is 0 Å². The van der Waals surface area contributed by atoms with Crippen molar-refractivity contribution in [3.05, 3.63) is 17.7 Å². The third-order valence-corrected chi connectivity index (χ3v) is 3.21. The highest BCUT2D eigenvalue weighted by molar-refractivity contribution is 7.93. The van der Waals surface area contributed by atoms with Crippen molar-refractivity contribution in [3.8, 4) is 11.5 Å². The van der Waals surface area contributed by atoms with Gasteiger partial charge in [-0.05, 0) is 0 Å². The van der Waals surface area contributed by atoms with E-state index in [2.05, 4.69) is 0 Å². The number of carboxylic acids is 1. The molecule has 0 atom stereocenters. The van der Waals surface area contributed by atoms with E-state index in [0.717, 1.165) is 12.1 Å². The molecule has 0 amide bonds. The molecular weight excluding hydrogens is 300 g/mol. The Morgan fingerprint density at radius 1 is 1.25 bits per heavy atom. The highest BCUT2D eigenvalue weighted by atomic mass is 32.2. The Kier molecular flexibility index (Phi) is 4.71. The van der Waals surface area contributed by atoms with Crippen LogP contribution in [0, 0.1) is 0 Å². The minimum atomic E-state index is -4.99. The van der Waals surface area contributed by atoms with E-state index in [1.165, 1.54) is 18.9 Å². The summed E-state index contributed by atoms with van der Waals surface area (Å²) >= 11 is 0. The molecule has 0 saturated heterocycles. The van der Waals surface area contributed by atoms with E-state index >= 15 is 0 Å². The first-order chi connectivity index (χ1) is 9.22. The third-order valence-electron chi connectivity index (χ3n) is 2.24. The van der Waals surface area contributed by atoms with Gasteiger partial charge in [0, 0.05) is 12.1 Å². The zero-order chi connectivity index (χ0) is 15.5. The van der Waals surface area contributed by atoms with E-state index in [1.54, 1.807) is 0 Å². The summed E-state index contributed by atoms with van der Waals surface area (Å²) < 4.78 is 58.0. The zero-order valence-corrected chi connectivity index (χ0v) is 11.2. The minimum absolute atomic E-state index is 0.00975. The van der Waals surface area contributed by atoms with Gasteiger partial charge in [0.2, 0.25) is 0 Å². The number of hydrogen-bond acceptors (Lipinski definition) is 5. The number of halogens is 2. The van der Waals surface area contributed by atoms with Crippen molar-refractivity contribution in [1.29, 1.82) is 0 Å². The van der Waals surface area contributed by atoms with E-state index in [-0.39, 0.29) is 11.5 Å². The Morgan fingerprint density at radius 2 is 1.75 bits per heavy atom. The molecule has 0 fully saturated rings. The second kappa shape index (κ2) is 5.90. The van der Waals surface area contributed by atoms with Gasteiger partial charge in [0.15, 0.2) is 11.5 Å². The van der Waals surface area contributed by atoms with Crippen LogP contribution in [0.5, 0.6) is 11.5 Å². The smallest absolute Gasteiger partial charge is 0.355 e. The molecule has 0 heterocycles. The summed E-state index contributed by atoms with van der Waals surface area (Å²) in [4.78, 5) is 11.0. The summed E-state index contributed by atoms with van der Waals surface area (Å²) in [6, 6.07) is 1.91. The van der Waals surface area contributed by atoms with E-state index in [9.17, 15) is 22.0 Å². The molecule has 1 aromatic carbocycles. The number of hydrogen-bond donors (Lipinski definition) is 2. The van der Waals surface area contributed by atoms with Crippen LogP contribution in [0.15, 0.2) is 12.1 Å². The Labute approximate surface area is 113 Å². The molecule has 0 saturated carbocycles. The van der Waals surface area contributed by atoms with Crippen LogP contribution in [0.1, 0.15) is 10.4 Å². The minimum Gasteiger partial charge on any atom is -0.493 e.